The van der Waals surface area contributed by atoms with Crippen LogP contribution in [0.25, 0.3) is 11.5 Å². The van der Waals surface area contributed by atoms with Crippen molar-refractivity contribution in [3.63, 3.8) is 0 Å². The second-order valence-corrected chi connectivity index (χ2v) is 5.07. The van der Waals surface area contributed by atoms with Crippen LogP contribution in [-0.2, 0) is 6.61 Å². The Labute approximate surface area is 131 Å². The third-order valence-electron chi connectivity index (χ3n) is 2.73. The maximum atomic E-state index is 6.02. The molecule has 6 heteroatoms. The number of nitrogens with zero attached hydrogens (tertiary/aromatic N) is 2. The number of ether oxygens (including phenoxy) is 1. The lowest BCUT2D eigenvalue weighted by atomic mass is 10.2. The first-order chi connectivity index (χ1) is 10.2. The topological polar surface area (TPSA) is 48.2 Å². The number of rotatable bonds is 4. The van der Waals surface area contributed by atoms with Gasteiger partial charge in [0.05, 0.1) is 5.02 Å². The van der Waals surface area contributed by atoms with Gasteiger partial charge in [-0.05, 0) is 30.3 Å². The van der Waals surface area contributed by atoms with Gasteiger partial charge in [0.15, 0.2) is 6.61 Å². The summed E-state index contributed by atoms with van der Waals surface area (Å²) in [5, 5.41) is 8.92. The fraction of sp³-hybridized carbons (Fsp3) is 0.0667. The van der Waals surface area contributed by atoms with Gasteiger partial charge in [-0.2, -0.15) is 0 Å². The van der Waals surface area contributed by atoms with Gasteiger partial charge in [0.2, 0.25) is 5.89 Å². The highest BCUT2D eigenvalue weighted by Gasteiger charge is 2.10. The van der Waals surface area contributed by atoms with Gasteiger partial charge in [-0.25, -0.2) is 0 Å². The molecule has 21 heavy (non-hydrogen) atoms. The average Bonchev–Trinajstić information content (AvgIpc) is 2.96. The zero-order valence-electron chi connectivity index (χ0n) is 10.8. The molecule has 0 aliphatic rings. The Balaban J connectivity index is 1.70. The summed E-state index contributed by atoms with van der Waals surface area (Å²) >= 11 is 11.8. The molecule has 0 amide bonds. The first-order valence-electron chi connectivity index (χ1n) is 6.18. The SMILES string of the molecule is Clc1ccc(OCc2nnc(-c3ccccc3)o2)c(Cl)c1. The van der Waals surface area contributed by atoms with E-state index in [1.165, 1.54) is 0 Å². The van der Waals surface area contributed by atoms with Crippen LogP contribution < -0.4 is 4.74 Å². The van der Waals surface area contributed by atoms with Crippen LogP contribution in [0.1, 0.15) is 5.89 Å². The Morgan fingerprint density at radius 2 is 1.81 bits per heavy atom. The molecule has 3 rings (SSSR count). The molecule has 4 nitrogen and oxygen atoms in total. The van der Waals surface area contributed by atoms with Crippen LogP contribution >= 0.6 is 23.2 Å². The van der Waals surface area contributed by atoms with Gasteiger partial charge >= 0.3 is 0 Å². The van der Waals surface area contributed by atoms with E-state index in [0.29, 0.717) is 27.6 Å². The largest absolute Gasteiger partial charge is 0.482 e. The maximum Gasteiger partial charge on any atom is 0.254 e. The fourth-order valence-corrected chi connectivity index (χ4v) is 2.20. The van der Waals surface area contributed by atoms with E-state index in [1.807, 2.05) is 30.3 Å². The quantitative estimate of drug-likeness (QED) is 0.703. The van der Waals surface area contributed by atoms with Gasteiger partial charge in [0.1, 0.15) is 5.75 Å². The third-order valence-corrected chi connectivity index (χ3v) is 3.26. The highest BCUT2D eigenvalue weighted by atomic mass is 35.5. The monoisotopic (exact) mass is 320 g/mol. The Bertz CT molecular complexity index is 744. The molecule has 0 bridgehead atoms. The van der Waals surface area contributed by atoms with E-state index in [1.54, 1.807) is 18.2 Å². The molecule has 0 saturated heterocycles. The summed E-state index contributed by atoms with van der Waals surface area (Å²) in [4.78, 5) is 0. The molecule has 3 aromatic rings. The maximum absolute atomic E-state index is 6.02. The number of benzene rings is 2. The molecule has 0 unspecified atom stereocenters. The summed E-state index contributed by atoms with van der Waals surface area (Å²) < 4.78 is 11.1. The molecular formula is C15H10Cl2N2O2. The molecule has 0 saturated carbocycles. The van der Waals surface area contributed by atoms with E-state index < -0.39 is 0 Å². The molecular weight excluding hydrogens is 311 g/mol. The standard InChI is InChI=1S/C15H10Cl2N2O2/c16-11-6-7-13(12(17)8-11)20-9-14-18-19-15(21-14)10-4-2-1-3-5-10/h1-8H,9H2. The van der Waals surface area contributed by atoms with Gasteiger partial charge in [0.25, 0.3) is 5.89 Å². The molecule has 0 aliphatic carbocycles. The number of hydrogen-bond donors (Lipinski definition) is 0. The first kappa shape index (κ1) is 13.9. The van der Waals surface area contributed by atoms with Gasteiger partial charge in [-0.1, -0.05) is 41.4 Å². The minimum absolute atomic E-state index is 0.140. The van der Waals surface area contributed by atoms with Crippen LogP contribution in [0.5, 0.6) is 5.75 Å². The molecule has 0 radical (unpaired) electrons. The predicted molar refractivity (Wildman–Crippen MR) is 80.5 cm³/mol. The summed E-state index contributed by atoms with van der Waals surface area (Å²) in [7, 11) is 0. The molecule has 1 aromatic heterocycles. The second kappa shape index (κ2) is 6.16. The van der Waals surface area contributed by atoms with E-state index in [4.69, 9.17) is 32.4 Å². The Hall–Kier alpha value is -2.04. The van der Waals surface area contributed by atoms with Crippen molar-refractivity contribution < 1.29 is 9.15 Å². The zero-order chi connectivity index (χ0) is 14.7. The van der Waals surface area contributed by atoms with Crippen LogP contribution in [0.3, 0.4) is 0 Å². The third kappa shape index (κ3) is 3.35. The number of aromatic nitrogens is 2. The van der Waals surface area contributed by atoms with Crippen molar-refractivity contribution in [3.05, 3.63) is 64.5 Å². The summed E-state index contributed by atoms with van der Waals surface area (Å²) in [5.74, 6) is 1.34. The molecule has 1 heterocycles. The second-order valence-electron chi connectivity index (χ2n) is 4.23. The first-order valence-corrected chi connectivity index (χ1v) is 6.93. The number of halogens is 2. The van der Waals surface area contributed by atoms with Gasteiger partial charge in [0, 0.05) is 10.6 Å². The summed E-state index contributed by atoms with van der Waals surface area (Å²) in [6, 6.07) is 14.5. The van der Waals surface area contributed by atoms with E-state index in [0.717, 1.165) is 5.56 Å². The normalized spacial score (nSPS) is 10.6. The summed E-state index contributed by atoms with van der Waals surface area (Å²) in [6.45, 7) is 0.140. The Morgan fingerprint density at radius 3 is 2.57 bits per heavy atom. The van der Waals surface area contributed by atoms with Gasteiger partial charge in [-0.15, -0.1) is 10.2 Å². The van der Waals surface area contributed by atoms with Crippen LogP contribution in [0, 0.1) is 0 Å². The van der Waals surface area contributed by atoms with Crippen LogP contribution in [0.2, 0.25) is 10.0 Å². The zero-order valence-corrected chi connectivity index (χ0v) is 12.3. The minimum Gasteiger partial charge on any atom is -0.482 e. The molecule has 0 aliphatic heterocycles. The van der Waals surface area contributed by atoms with Crippen LogP contribution in [-0.4, -0.2) is 10.2 Å². The van der Waals surface area contributed by atoms with E-state index in [9.17, 15) is 0 Å². The van der Waals surface area contributed by atoms with E-state index in [2.05, 4.69) is 10.2 Å². The average molecular weight is 321 g/mol. The molecule has 0 atom stereocenters. The van der Waals surface area contributed by atoms with Crippen molar-refractivity contribution in [1.29, 1.82) is 0 Å². The van der Waals surface area contributed by atoms with Gasteiger partial charge in [-0.3, -0.25) is 0 Å². The minimum atomic E-state index is 0.140. The predicted octanol–water partition coefficient (Wildman–Crippen LogP) is 4.62. The smallest absolute Gasteiger partial charge is 0.254 e. The highest BCUT2D eigenvalue weighted by molar-refractivity contribution is 6.35. The fourth-order valence-electron chi connectivity index (χ4n) is 1.74. The lowest BCUT2D eigenvalue weighted by molar-refractivity contribution is 0.264. The van der Waals surface area contributed by atoms with E-state index >= 15 is 0 Å². The van der Waals surface area contributed by atoms with Crippen molar-refractivity contribution in [2.24, 2.45) is 0 Å². The summed E-state index contributed by atoms with van der Waals surface area (Å²) in [5.41, 5.74) is 0.862. The lowest BCUT2D eigenvalue weighted by Gasteiger charge is -2.05. The van der Waals surface area contributed by atoms with Crippen molar-refractivity contribution >= 4 is 23.2 Å². The van der Waals surface area contributed by atoms with Crippen LogP contribution in [0.4, 0.5) is 0 Å². The molecule has 2 aromatic carbocycles. The molecule has 0 spiro atoms. The number of hydrogen-bond acceptors (Lipinski definition) is 4. The van der Waals surface area contributed by atoms with Gasteiger partial charge < -0.3 is 9.15 Å². The van der Waals surface area contributed by atoms with Crippen molar-refractivity contribution in [3.8, 4) is 17.2 Å². The molecule has 0 N–H and O–H groups in total. The molecule has 0 fully saturated rings. The Morgan fingerprint density at radius 1 is 1.00 bits per heavy atom. The van der Waals surface area contributed by atoms with Crippen molar-refractivity contribution in [1.82, 2.24) is 10.2 Å². The highest BCUT2D eigenvalue weighted by Crippen LogP contribution is 2.28. The molecule has 106 valence electrons. The summed E-state index contributed by atoms with van der Waals surface area (Å²) in [6.07, 6.45) is 0. The Kier molecular flexibility index (Phi) is 4.08. The lowest BCUT2D eigenvalue weighted by Crippen LogP contribution is -1.96. The van der Waals surface area contributed by atoms with Crippen molar-refractivity contribution in [2.45, 2.75) is 6.61 Å². The van der Waals surface area contributed by atoms with E-state index in [-0.39, 0.29) is 6.61 Å². The van der Waals surface area contributed by atoms with Crippen LogP contribution in [0.15, 0.2) is 52.9 Å². The van der Waals surface area contributed by atoms with Crippen molar-refractivity contribution in [2.75, 3.05) is 0 Å².